The molecule has 0 aliphatic carbocycles. The van der Waals surface area contributed by atoms with E-state index in [0.29, 0.717) is 38.0 Å². The first kappa shape index (κ1) is 19.8. The number of amides is 1. The van der Waals surface area contributed by atoms with Crippen LogP contribution >= 0.6 is 11.3 Å². The van der Waals surface area contributed by atoms with E-state index in [-0.39, 0.29) is 11.5 Å². The van der Waals surface area contributed by atoms with Gasteiger partial charge in [0.25, 0.3) is 5.56 Å². The van der Waals surface area contributed by atoms with E-state index in [1.807, 2.05) is 31.7 Å². The highest BCUT2D eigenvalue weighted by Crippen LogP contribution is 2.25. The molecule has 0 bridgehead atoms. The number of aryl methyl sites for hydroxylation is 4. The van der Waals surface area contributed by atoms with Gasteiger partial charge in [0.1, 0.15) is 4.83 Å². The highest BCUT2D eigenvalue weighted by Gasteiger charge is 2.22. The molecule has 0 aromatic carbocycles. The molecule has 29 heavy (non-hydrogen) atoms. The van der Waals surface area contributed by atoms with Crippen molar-refractivity contribution in [1.82, 2.24) is 24.5 Å². The molecule has 0 N–H and O–H groups in total. The van der Waals surface area contributed by atoms with E-state index >= 15 is 0 Å². The maximum Gasteiger partial charge on any atom is 0.262 e. The van der Waals surface area contributed by atoms with Crippen LogP contribution in [0.4, 0.5) is 0 Å². The summed E-state index contributed by atoms with van der Waals surface area (Å²) in [5, 5.41) is 4.59. The number of hydrogen-bond donors (Lipinski definition) is 0. The number of hydrogen-bond acceptors (Lipinski definition) is 7. The number of rotatable bonds is 5. The van der Waals surface area contributed by atoms with Crippen LogP contribution in [0.2, 0.25) is 0 Å². The first-order chi connectivity index (χ1) is 13.9. The predicted molar refractivity (Wildman–Crippen MR) is 111 cm³/mol. The molecule has 0 saturated carbocycles. The number of piperazine rings is 1. The van der Waals surface area contributed by atoms with Gasteiger partial charge in [-0.15, -0.1) is 11.3 Å². The molecule has 0 radical (unpaired) electrons. The minimum absolute atomic E-state index is 0.0585. The number of nitrogens with zero attached hydrogens (tertiary/aromatic N) is 5. The fraction of sp³-hybridized carbons (Fsp3) is 0.500. The lowest BCUT2D eigenvalue weighted by molar-refractivity contribution is -0.133. The van der Waals surface area contributed by atoms with Crippen molar-refractivity contribution in [2.75, 3.05) is 26.2 Å². The number of fused-ring (bicyclic) bond motifs is 1. The first-order valence-corrected chi connectivity index (χ1v) is 10.6. The standard InChI is InChI=1S/C20H25N5O3S/c1-13-10-16(28-22-13)11-23-6-8-24(9-7-23)17(26)4-5-25-12-21-19-18(20(25)27)14(2)15(3)29-19/h10,12H,4-9,11H2,1-3H3. The molecule has 1 aliphatic rings. The van der Waals surface area contributed by atoms with E-state index < -0.39 is 0 Å². The Hall–Kier alpha value is -2.52. The van der Waals surface area contributed by atoms with Crippen LogP contribution in [0.3, 0.4) is 0 Å². The van der Waals surface area contributed by atoms with Crippen molar-refractivity contribution in [2.24, 2.45) is 0 Å². The zero-order chi connectivity index (χ0) is 20.5. The molecule has 1 aliphatic heterocycles. The highest BCUT2D eigenvalue weighted by molar-refractivity contribution is 7.18. The summed E-state index contributed by atoms with van der Waals surface area (Å²) in [5.41, 5.74) is 1.81. The second-order valence-corrected chi connectivity index (χ2v) is 8.75. The van der Waals surface area contributed by atoms with E-state index in [2.05, 4.69) is 15.0 Å². The monoisotopic (exact) mass is 415 g/mol. The molecule has 1 amide bonds. The van der Waals surface area contributed by atoms with Gasteiger partial charge in [-0.1, -0.05) is 5.16 Å². The smallest absolute Gasteiger partial charge is 0.262 e. The molecule has 154 valence electrons. The van der Waals surface area contributed by atoms with Gasteiger partial charge in [-0.05, 0) is 26.3 Å². The molecule has 1 fully saturated rings. The van der Waals surface area contributed by atoms with Crippen molar-refractivity contribution in [3.8, 4) is 0 Å². The Labute approximate surface area is 172 Å². The summed E-state index contributed by atoms with van der Waals surface area (Å²) in [6, 6.07) is 1.94. The van der Waals surface area contributed by atoms with E-state index in [4.69, 9.17) is 4.52 Å². The fourth-order valence-corrected chi connectivity index (χ4v) is 4.66. The summed E-state index contributed by atoms with van der Waals surface area (Å²) in [4.78, 5) is 35.8. The van der Waals surface area contributed by atoms with Gasteiger partial charge in [-0.2, -0.15) is 0 Å². The van der Waals surface area contributed by atoms with Crippen LogP contribution in [0.5, 0.6) is 0 Å². The molecule has 3 aromatic heterocycles. The van der Waals surface area contributed by atoms with Gasteiger partial charge >= 0.3 is 0 Å². The van der Waals surface area contributed by atoms with Gasteiger partial charge in [0.2, 0.25) is 5.91 Å². The number of carbonyl (C=O) groups excluding carboxylic acids is 1. The van der Waals surface area contributed by atoms with Crippen molar-refractivity contribution in [1.29, 1.82) is 0 Å². The number of thiophene rings is 1. The summed E-state index contributed by atoms with van der Waals surface area (Å²) < 4.78 is 6.83. The zero-order valence-electron chi connectivity index (χ0n) is 17.0. The molecule has 0 unspecified atom stereocenters. The van der Waals surface area contributed by atoms with Gasteiger partial charge < -0.3 is 9.42 Å². The lowest BCUT2D eigenvalue weighted by Crippen LogP contribution is -2.48. The largest absolute Gasteiger partial charge is 0.360 e. The molecule has 0 atom stereocenters. The van der Waals surface area contributed by atoms with Gasteiger partial charge in [0.05, 0.1) is 24.0 Å². The Bertz CT molecular complexity index is 1090. The van der Waals surface area contributed by atoms with Gasteiger partial charge in [-0.3, -0.25) is 19.1 Å². The van der Waals surface area contributed by atoms with Crippen molar-refractivity contribution < 1.29 is 9.32 Å². The van der Waals surface area contributed by atoms with Gasteiger partial charge in [-0.25, -0.2) is 4.98 Å². The molecule has 9 heteroatoms. The summed E-state index contributed by atoms with van der Waals surface area (Å²) >= 11 is 1.54. The van der Waals surface area contributed by atoms with Gasteiger partial charge in [0.15, 0.2) is 5.76 Å². The van der Waals surface area contributed by atoms with Crippen molar-refractivity contribution in [2.45, 2.75) is 40.3 Å². The van der Waals surface area contributed by atoms with Crippen LogP contribution in [0.25, 0.3) is 10.2 Å². The topological polar surface area (TPSA) is 84.5 Å². The SMILES string of the molecule is Cc1cc(CN2CCN(C(=O)CCn3cnc4sc(C)c(C)c4c3=O)CC2)on1. The van der Waals surface area contributed by atoms with Crippen molar-refractivity contribution in [3.05, 3.63) is 44.6 Å². The van der Waals surface area contributed by atoms with E-state index in [9.17, 15) is 9.59 Å². The average molecular weight is 416 g/mol. The van der Waals surface area contributed by atoms with Crippen LogP contribution in [0, 0.1) is 20.8 Å². The lowest BCUT2D eigenvalue weighted by Gasteiger charge is -2.34. The Morgan fingerprint density at radius 3 is 2.66 bits per heavy atom. The highest BCUT2D eigenvalue weighted by atomic mass is 32.1. The quantitative estimate of drug-likeness (QED) is 0.635. The Morgan fingerprint density at radius 2 is 1.97 bits per heavy atom. The molecule has 3 aromatic rings. The van der Waals surface area contributed by atoms with Crippen molar-refractivity contribution >= 4 is 27.5 Å². The Morgan fingerprint density at radius 1 is 1.21 bits per heavy atom. The minimum atomic E-state index is -0.0585. The van der Waals surface area contributed by atoms with E-state index in [0.717, 1.165) is 39.8 Å². The number of aromatic nitrogens is 3. The maximum absolute atomic E-state index is 12.8. The van der Waals surface area contributed by atoms with Crippen LogP contribution < -0.4 is 5.56 Å². The predicted octanol–water partition coefficient (Wildman–Crippen LogP) is 2.11. The molecule has 1 saturated heterocycles. The van der Waals surface area contributed by atoms with Crippen LogP contribution in [0.15, 0.2) is 21.7 Å². The molecular weight excluding hydrogens is 390 g/mol. The zero-order valence-corrected chi connectivity index (χ0v) is 17.8. The summed E-state index contributed by atoms with van der Waals surface area (Å²) in [5.74, 6) is 0.925. The van der Waals surface area contributed by atoms with Crippen LogP contribution in [0.1, 0.15) is 28.3 Å². The molecule has 8 nitrogen and oxygen atoms in total. The molecule has 4 rings (SSSR count). The minimum Gasteiger partial charge on any atom is -0.360 e. The lowest BCUT2D eigenvalue weighted by atomic mass is 10.2. The first-order valence-electron chi connectivity index (χ1n) is 9.80. The van der Waals surface area contributed by atoms with Crippen molar-refractivity contribution in [3.63, 3.8) is 0 Å². The molecule has 0 spiro atoms. The van der Waals surface area contributed by atoms with Crippen LogP contribution in [-0.4, -0.2) is 56.6 Å². The summed E-state index contributed by atoms with van der Waals surface area (Å²) in [6.07, 6.45) is 1.86. The van der Waals surface area contributed by atoms with Crippen LogP contribution in [-0.2, 0) is 17.9 Å². The third kappa shape index (κ3) is 4.11. The van der Waals surface area contributed by atoms with Gasteiger partial charge in [0, 0.05) is 50.1 Å². The fourth-order valence-electron chi connectivity index (χ4n) is 3.67. The maximum atomic E-state index is 12.8. The molecule has 4 heterocycles. The number of carbonyl (C=O) groups is 1. The second-order valence-electron chi connectivity index (χ2n) is 7.55. The average Bonchev–Trinajstić information content (AvgIpc) is 3.24. The second kappa shape index (κ2) is 8.08. The molecular formula is C20H25N5O3S. The van der Waals surface area contributed by atoms with E-state index in [1.54, 1.807) is 10.9 Å². The third-order valence-corrected chi connectivity index (χ3v) is 6.62. The Kier molecular flexibility index (Phi) is 5.51. The third-order valence-electron chi connectivity index (χ3n) is 5.50. The normalized spacial score (nSPS) is 15.3. The Balaban J connectivity index is 1.32. The van der Waals surface area contributed by atoms with E-state index in [1.165, 1.54) is 11.3 Å². The summed E-state index contributed by atoms with van der Waals surface area (Å²) in [6.45, 7) is 9.88. The summed E-state index contributed by atoms with van der Waals surface area (Å²) in [7, 11) is 0.